The molecule has 0 unspecified atom stereocenters. The Morgan fingerprint density at radius 3 is 2.59 bits per heavy atom. The molecule has 0 aliphatic rings. The third-order valence-electron chi connectivity index (χ3n) is 4.06. The Morgan fingerprint density at radius 2 is 1.85 bits per heavy atom. The molecule has 1 N–H and O–H groups in total. The highest BCUT2D eigenvalue weighted by Gasteiger charge is 2.16. The third kappa shape index (κ3) is 4.86. The Morgan fingerprint density at radius 1 is 1.11 bits per heavy atom. The molecule has 3 aromatic rings. The number of methoxy groups -OCH3 is 1. The lowest BCUT2D eigenvalue weighted by Gasteiger charge is -2.09. The molecule has 2 aromatic carbocycles. The molecular weight excluding hydrogens is 360 g/mol. The molecule has 1 heterocycles. The van der Waals surface area contributed by atoms with Gasteiger partial charge in [0.1, 0.15) is 28.0 Å². The first kappa shape index (κ1) is 18.9. The van der Waals surface area contributed by atoms with Crippen LogP contribution < -0.4 is 14.8 Å². The average molecular weight is 382 g/mol. The van der Waals surface area contributed by atoms with E-state index in [1.54, 1.807) is 7.11 Å². The molecule has 1 aromatic heterocycles. The SMILES string of the molecule is COc1ccccc1CNC(=O)c1sc(COc2ccc(C)cc2)nc1C. The fraction of sp³-hybridized carbons (Fsp3) is 0.238. The number of carbonyl (C=O) groups is 1. The summed E-state index contributed by atoms with van der Waals surface area (Å²) >= 11 is 1.36. The molecule has 0 radical (unpaired) electrons. The van der Waals surface area contributed by atoms with Crippen LogP contribution in [0.5, 0.6) is 11.5 Å². The molecule has 0 aliphatic carbocycles. The van der Waals surface area contributed by atoms with Crippen molar-refractivity contribution < 1.29 is 14.3 Å². The van der Waals surface area contributed by atoms with Gasteiger partial charge in [-0.25, -0.2) is 4.98 Å². The Balaban J connectivity index is 1.61. The van der Waals surface area contributed by atoms with Gasteiger partial charge in [0.05, 0.1) is 12.8 Å². The van der Waals surface area contributed by atoms with Crippen LogP contribution in [-0.4, -0.2) is 18.0 Å². The number of aryl methyl sites for hydroxylation is 2. The predicted octanol–water partition coefficient (Wildman–Crippen LogP) is 4.28. The minimum Gasteiger partial charge on any atom is -0.496 e. The highest BCUT2D eigenvalue weighted by atomic mass is 32.1. The van der Waals surface area contributed by atoms with Crippen molar-refractivity contribution in [3.05, 3.63) is 75.2 Å². The molecule has 6 heteroatoms. The van der Waals surface area contributed by atoms with Crippen molar-refractivity contribution in [2.45, 2.75) is 27.0 Å². The van der Waals surface area contributed by atoms with Crippen LogP contribution in [-0.2, 0) is 13.2 Å². The van der Waals surface area contributed by atoms with Crippen molar-refractivity contribution in [3.8, 4) is 11.5 Å². The number of nitrogens with zero attached hydrogens (tertiary/aromatic N) is 1. The van der Waals surface area contributed by atoms with E-state index in [-0.39, 0.29) is 5.91 Å². The van der Waals surface area contributed by atoms with Gasteiger partial charge in [-0.3, -0.25) is 4.79 Å². The van der Waals surface area contributed by atoms with Crippen LogP contribution >= 0.6 is 11.3 Å². The van der Waals surface area contributed by atoms with E-state index < -0.39 is 0 Å². The van der Waals surface area contributed by atoms with E-state index >= 15 is 0 Å². The number of benzene rings is 2. The summed E-state index contributed by atoms with van der Waals surface area (Å²) in [5.41, 5.74) is 2.82. The number of thiazole rings is 1. The summed E-state index contributed by atoms with van der Waals surface area (Å²) in [6.07, 6.45) is 0. The highest BCUT2D eigenvalue weighted by molar-refractivity contribution is 7.13. The van der Waals surface area contributed by atoms with Gasteiger partial charge in [0.2, 0.25) is 0 Å². The van der Waals surface area contributed by atoms with Crippen molar-refractivity contribution >= 4 is 17.2 Å². The summed E-state index contributed by atoms with van der Waals surface area (Å²) in [4.78, 5) is 17.6. The second-order valence-electron chi connectivity index (χ2n) is 6.12. The van der Waals surface area contributed by atoms with E-state index in [4.69, 9.17) is 9.47 Å². The maximum Gasteiger partial charge on any atom is 0.263 e. The number of para-hydroxylation sites is 1. The third-order valence-corrected chi connectivity index (χ3v) is 5.19. The van der Waals surface area contributed by atoms with Crippen LogP contribution in [0.2, 0.25) is 0 Å². The molecule has 1 amide bonds. The summed E-state index contributed by atoms with van der Waals surface area (Å²) in [6, 6.07) is 15.5. The van der Waals surface area contributed by atoms with E-state index in [2.05, 4.69) is 10.3 Å². The largest absolute Gasteiger partial charge is 0.496 e. The molecule has 0 atom stereocenters. The number of carbonyl (C=O) groups excluding carboxylic acids is 1. The predicted molar refractivity (Wildman–Crippen MR) is 107 cm³/mol. The molecule has 0 aliphatic heterocycles. The second-order valence-corrected chi connectivity index (χ2v) is 7.20. The summed E-state index contributed by atoms with van der Waals surface area (Å²) in [6.45, 7) is 4.61. The summed E-state index contributed by atoms with van der Waals surface area (Å²) in [5.74, 6) is 1.40. The van der Waals surface area contributed by atoms with Crippen molar-refractivity contribution in [1.82, 2.24) is 10.3 Å². The van der Waals surface area contributed by atoms with Gasteiger partial charge in [0.15, 0.2) is 0 Å². The first-order chi connectivity index (χ1) is 13.1. The van der Waals surface area contributed by atoms with E-state index in [0.717, 1.165) is 22.1 Å². The van der Waals surface area contributed by atoms with Crippen molar-refractivity contribution in [1.29, 1.82) is 0 Å². The molecule has 0 bridgehead atoms. The quantitative estimate of drug-likeness (QED) is 0.663. The minimum atomic E-state index is -0.141. The molecule has 0 saturated heterocycles. The number of nitrogens with one attached hydrogen (secondary N) is 1. The van der Waals surface area contributed by atoms with Crippen LogP contribution in [0.1, 0.15) is 31.5 Å². The number of ether oxygens (including phenoxy) is 2. The zero-order chi connectivity index (χ0) is 19.2. The number of hydrogen-bond acceptors (Lipinski definition) is 5. The number of hydrogen-bond donors (Lipinski definition) is 1. The van der Waals surface area contributed by atoms with Gasteiger partial charge in [-0.15, -0.1) is 11.3 Å². The van der Waals surface area contributed by atoms with Crippen LogP contribution in [0, 0.1) is 13.8 Å². The zero-order valence-corrected chi connectivity index (χ0v) is 16.4. The van der Waals surface area contributed by atoms with Crippen LogP contribution in [0.15, 0.2) is 48.5 Å². The van der Waals surface area contributed by atoms with E-state index in [0.29, 0.717) is 23.7 Å². The van der Waals surface area contributed by atoms with Crippen molar-refractivity contribution in [2.24, 2.45) is 0 Å². The molecule has 0 fully saturated rings. The lowest BCUT2D eigenvalue weighted by atomic mass is 10.2. The standard InChI is InChI=1S/C21H22N2O3S/c1-14-8-10-17(11-9-14)26-13-19-23-15(2)20(27-19)21(24)22-12-16-6-4-5-7-18(16)25-3/h4-11H,12-13H2,1-3H3,(H,22,24). The Labute approximate surface area is 163 Å². The molecule has 140 valence electrons. The van der Waals surface area contributed by atoms with E-state index in [1.807, 2.05) is 62.4 Å². The van der Waals surface area contributed by atoms with Gasteiger partial charge in [0, 0.05) is 12.1 Å². The van der Waals surface area contributed by atoms with Gasteiger partial charge in [-0.2, -0.15) is 0 Å². The van der Waals surface area contributed by atoms with Gasteiger partial charge in [-0.1, -0.05) is 35.9 Å². The van der Waals surface area contributed by atoms with Gasteiger partial charge in [-0.05, 0) is 32.0 Å². The van der Waals surface area contributed by atoms with E-state index in [9.17, 15) is 4.79 Å². The molecule has 3 rings (SSSR count). The smallest absolute Gasteiger partial charge is 0.263 e. The lowest BCUT2D eigenvalue weighted by Crippen LogP contribution is -2.22. The molecule has 0 spiro atoms. The van der Waals surface area contributed by atoms with Crippen LogP contribution in [0.3, 0.4) is 0 Å². The Hall–Kier alpha value is -2.86. The molecule has 27 heavy (non-hydrogen) atoms. The Kier molecular flexibility index (Phi) is 6.08. The maximum atomic E-state index is 12.5. The van der Waals surface area contributed by atoms with Gasteiger partial charge >= 0.3 is 0 Å². The number of amides is 1. The topological polar surface area (TPSA) is 60.5 Å². The van der Waals surface area contributed by atoms with Crippen molar-refractivity contribution in [3.63, 3.8) is 0 Å². The molecular formula is C21H22N2O3S. The van der Waals surface area contributed by atoms with Gasteiger partial charge < -0.3 is 14.8 Å². The van der Waals surface area contributed by atoms with E-state index in [1.165, 1.54) is 16.9 Å². The normalized spacial score (nSPS) is 10.5. The molecule has 0 saturated carbocycles. The van der Waals surface area contributed by atoms with Gasteiger partial charge in [0.25, 0.3) is 5.91 Å². The highest BCUT2D eigenvalue weighted by Crippen LogP contribution is 2.21. The number of rotatable bonds is 7. The second kappa shape index (κ2) is 8.68. The fourth-order valence-corrected chi connectivity index (χ4v) is 3.50. The summed E-state index contributed by atoms with van der Waals surface area (Å²) < 4.78 is 11.1. The first-order valence-corrected chi connectivity index (χ1v) is 9.44. The Bertz CT molecular complexity index is 919. The lowest BCUT2D eigenvalue weighted by molar-refractivity contribution is 0.0954. The van der Waals surface area contributed by atoms with Crippen LogP contribution in [0.25, 0.3) is 0 Å². The fourth-order valence-electron chi connectivity index (χ4n) is 2.61. The monoisotopic (exact) mass is 382 g/mol. The maximum absolute atomic E-state index is 12.5. The van der Waals surface area contributed by atoms with Crippen molar-refractivity contribution in [2.75, 3.05) is 7.11 Å². The average Bonchev–Trinajstić information content (AvgIpc) is 3.06. The summed E-state index contributed by atoms with van der Waals surface area (Å²) in [7, 11) is 1.62. The van der Waals surface area contributed by atoms with Crippen LogP contribution in [0.4, 0.5) is 0 Å². The molecule has 5 nitrogen and oxygen atoms in total. The number of aromatic nitrogens is 1. The first-order valence-electron chi connectivity index (χ1n) is 8.62. The zero-order valence-electron chi connectivity index (χ0n) is 15.6. The minimum absolute atomic E-state index is 0.141. The summed E-state index contributed by atoms with van der Waals surface area (Å²) in [5, 5.41) is 3.71.